The van der Waals surface area contributed by atoms with Crippen molar-refractivity contribution >= 4 is 23.3 Å². The van der Waals surface area contributed by atoms with Crippen molar-refractivity contribution < 1.29 is 48.3 Å². The molecule has 9 N–H and O–H groups in total. The molecule has 2 aromatic rings. The molecule has 0 aromatic heterocycles. The van der Waals surface area contributed by atoms with Crippen molar-refractivity contribution in [1.29, 1.82) is 0 Å². The second kappa shape index (κ2) is 10.2. The van der Waals surface area contributed by atoms with Gasteiger partial charge < -0.3 is 37.0 Å². The summed E-state index contributed by atoms with van der Waals surface area (Å²) in [5, 5.41) is 55.2. The number of carbonyl (C=O) groups is 2. The van der Waals surface area contributed by atoms with E-state index >= 15 is 0 Å². The summed E-state index contributed by atoms with van der Waals surface area (Å²) >= 11 is 5.83. The van der Waals surface area contributed by atoms with Gasteiger partial charge in [-0.3, -0.25) is 14.5 Å². The van der Waals surface area contributed by atoms with Gasteiger partial charge in [0.2, 0.25) is 5.79 Å². The molecule has 230 valence electrons. The highest BCUT2D eigenvalue weighted by atomic mass is 35.5. The second-order valence-electron chi connectivity index (χ2n) is 11.3. The van der Waals surface area contributed by atoms with E-state index in [0.29, 0.717) is 0 Å². The highest BCUT2D eigenvalue weighted by molar-refractivity contribution is 6.31. The molecule has 0 aliphatic heterocycles. The Hall–Kier alpha value is -3.62. The smallest absolute Gasteiger partial charge is 0.417 e. The van der Waals surface area contributed by atoms with E-state index < -0.39 is 80.9 Å². The number of Topliss-reactive ketones (excluding diaryl/α,β-unsaturated/α-hetero) is 1. The predicted molar refractivity (Wildman–Crippen MR) is 148 cm³/mol. The molecule has 1 amide bonds. The van der Waals surface area contributed by atoms with Gasteiger partial charge in [-0.15, -0.1) is 0 Å². The van der Waals surface area contributed by atoms with Crippen LogP contribution in [-0.4, -0.2) is 68.0 Å². The Labute approximate surface area is 248 Å². The lowest BCUT2D eigenvalue weighted by Gasteiger charge is -2.51. The maximum absolute atomic E-state index is 14.0. The van der Waals surface area contributed by atoms with Gasteiger partial charge in [0, 0.05) is 17.7 Å². The molecular formula is C29H29ClF3N3O7. The average Bonchev–Trinajstić information content (AvgIpc) is 2.87. The first-order valence-electron chi connectivity index (χ1n) is 13.2. The number of rotatable bonds is 4. The number of nitrogens with two attached hydrogens (primary N) is 2. The Morgan fingerprint density at radius 3 is 2.35 bits per heavy atom. The van der Waals surface area contributed by atoms with E-state index in [2.05, 4.69) is 0 Å². The fraction of sp³-hybridized carbons (Fsp3) is 0.379. The Morgan fingerprint density at radius 1 is 1.14 bits per heavy atom. The van der Waals surface area contributed by atoms with Crippen molar-refractivity contribution in [1.82, 2.24) is 4.90 Å². The number of aromatic hydroxyl groups is 1. The number of fused-ring (bicyclic) bond motifs is 3. The molecule has 3 aliphatic carbocycles. The standard InChI is InChI=1S/C29H29ClF3N3O7/c1-36(2)22-15-6-11-5-14-13(10-3-4-17(30)16(8-10)29(31,32)33)7-12(9-34)23(37)19(14)24(38)18(11)25(39)20(15)28(42,43)21(26(22)40)27(35)41/h3-4,7-8,11,15,20,22,37,39-40,42-43H,5-6,9,34H2,1-2H3,(H2,35,41)/t11?,15?,20?,22-/m0/s1. The summed E-state index contributed by atoms with van der Waals surface area (Å²) < 4.78 is 41.2. The zero-order valence-corrected chi connectivity index (χ0v) is 23.7. The van der Waals surface area contributed by atoms with Crippen LogP contribution >= 0.6 is 11.6 Å². The number of amides is 1. The monoisotopic (exact) mass is 623 g/mol. The van der Waals surface area contributed by atoms with Gasteiger partial charge in [-0.2, -0.15) is 13.2 Å². The largest absolute Gasteiger partial charge is 0.511 e. The minimum atomic E-state index is -4.78. The van der Waals surface area contributed by atoms with E-state index in [9.17, 15) is 48.3 Å². The number of phenolic OH excluding ortho intramolecular Hbond substituents is 1. The molecule has 5 rings (SSSR count). The third kappa shape index (κ3) is 4.57. The molecule has 0 radical (unpaired) electrons. The van der Waals surface area contributed by atoms with Gasteiger partial charge in [-0.1, -0.05) is 17.7 Å². The van der Waals surface area contributed by atoms with Crippen LogP contribution in [0.5, 0.6) is 5.75 Å². The number of hydrogen-bond donors (Lipinski definition) is 7. The lowest BCUT2D eigenvalue weighted by molar-refractivity contribution is -0.201. The summed E-state index contributed by atoms with van der Waals surface area (Å²) in [5.74, 6) is -10.8. The van der Waals surface area contributed by atoms with E-state index in [-0.39, 0.29) is 52.8 Å². The maximum Gasteiger partial charge on any atom is 0.417 e. The number of benzene rings is 2. The molecule has 4 atom stereocenters. The van der Waals surface area contributed by atoms with Gasteiger partial charge >= 0.3 is 6.18 Å². The minimum absolute atomic E-state index is 0.0235. The Kier molecular flexibility index (Phi) is 7.34. The number of hydrogen-bond acceptors (Lipinski definition) is 9. The first-order chi connectivity index (χ1) is 19.9. The van der Waals surface area contributed by atoms with Crippen molar-refractivity contribution in [3.05, 3.63) is 74.2 Å². The first-order valence-corrected chi connectivity index (χ1v) is 13.6. The van der Waals surface area contributed by atoms with Crippen molar-refractivity contribution in [3.63, 3.8) is 0 Å². The number of primary amides is 1. The average molecular weight is 624 g/mol. The highest BCUT2D eigenvalue weighted by Gasteiger charge is 2.60. The van der Waals surface area contributed by atoms with Gasteiger partial charge in [0.25, 0.3) is 5.91 Å². The summed E-state index contributed by atoms with van der Waals surface area (Å²) in [5.41, 5.74) is 9.08. The number of phenols is 1. The van der Waals surface area contributed by atoms with Crippen molar-refractivity contribution in [2.75, 3.05) is 14.1 Å². The second-order valence-corrected chi connectivity index (χ2v) is 11.8. The van der Waals surface area contributed by atoms with E-state index in [1.165, 1.54) is 17.0 Å². The van der Waals surface area contributed by atoms with Crippen LogP contribution in [0.15, 0.2) is 46.9 Å². The molecular weight excluding hydrogens is 595 g/mol. The fourth-order valence-corrected chi connectivity index (χ4v) is 7.23. The molecule has 10 nitrogen and oxygen atoms in total. The van der Waals surface area contributed by atoms with Crippen LogP contribution in [0.4, 0.5) is 13.2 Å². The Morgan fingerprint density at radius 2 is 1.79 bits per heavy atom. The normalized spacial score (nSPS) is 25.0. The quantitative estimate of drug-likeness (QED) is 0.251. The SMILES string of the molecule is CN(C)[C@@H]1C(O)=C(C(N)=O)C(O)(O)C2C(O)=C3C(=O)c4c(O)c(CN)cc(-c5ccc(Cl)c(C(F)(F)F)c5)c4CC3CC21. The molecule has 0 heterocycles. The number of allylic oxidation sites excluding steroid dienone is 1. The number of carbonyl (C=O) groups excluding carboxylic acids is 2. The van der Waals surface area contributed by atoms with Crippen molar-refractivity contribution in [2.45, 2.75) is 37.4 Å². The number of aliphatic hydroxyl groups is 4. The van der Waals surface area contributed by atoms with Crippen LogP contribution in [0.3, 0.4) is 0 Å². The topological polar surface area (TPSA) is 191 Å². The van der Waals surface area contributed by atoms with E-state index in [1.807, 2.05) is 0 Å². The number of alkyl halides is 3. The van der Waals surface area contributed by atoms with E-state index in [4.69, 9.17) is 23.1 Å². The minimum Gasteiger partial charge on any atom is -0.511 e. The van der Waals surface area contributed by atoms with Crippen LogP contribution in [0, 0.1) is 17.8 Å². The summed E-state index contributed by atoms with van der Waals surface area (Å²) in [6.45, 7) is -0.286. The zero-order chi connectivity index (χ0) is 31.9. The molecule has 43 heavy (non-hydrogen) atoms. The third-order valence-corrected chi connectivity index (χ3v) is 9.05. The lowest BCUT2D eigenvalue weighted by Crippen LogP contribution is -2.60. The molecule has 0 spiro atoms. The van der Waals surface area contributed by atoms with Crippen LogP contribution in [0.25, 0.3) is 11.1 Å². The number of likely N-dealkylation sites (N-methyl/N-ethyl adjacent to an activating group) is 1. The number of aliphatic hydroxyl groups excluding tert-OH is 2. The molecule has 14 heteroatoms. The molecule has 0 fully saturated rings. The number of halogens is 4. The van der Waals surface area contributed by atoms with Crippen LogP contribution in [0.2, 0.25) is 5.02 Å². The number of ketones is 1. The summed E-state index contributed by atoms with van der Waals surface area (Å²) in [6.07, 6.45) is -4.86. The first kappa shape index (κ1) is 30.8. The van der Waals surface area contributed by atoms with Gasteiger partial charge in [-0.05, 0) is 73.7 Å². The Balaban J connectivity index is 1.75. The molecule has 2 aromatic carbocycles. The molecule has 0 saturated heterocycles. The van der Waals surface area contributed by atoms with Gasteiger partial charge in [-0.25, -0.2) is 0 Å². The van der Waals surface area contributed by atoms with Crippen LogP contribution in [-0.2, 0) is 23.9 Å². The number of nitrogens with zero attached hydrogens (tertiary/aromatic N) is 1. The predicted octanol–water partition coefficient (Wildman–Crippen LogP) is 2.92. The summed E-state index contributed by atoms with van der Waals surface area (Å²) in [4.78, 5) is 27.8. The maximum atomic E-state index is 14.0. The fourth-order valence-electron chi connectivity index (χ4n) is 7.01. The molecule has 3 unspecified atom stereocenters. The lowest BCUT2D eigenvalue weighted by atomic mass is 9.59. The van der Waals surface area contributed by atoms with Crippen LogP contribution in [0.1, 0.15) is 33.5 Å². The van der Waals surface area contributed by atoms with Crippen LogP contribution < -0.4 is 11.5 Å². The molecule has 0 bridgehead atoms. The highest BCUT2D eigenvalue weighted by Crippen LogP contribution is 2.55. The molecule has 3 aliphatic rings. The van der Waals surface area contributed by atoms with Crippen molar-refractivity contribution in [2.24, 2.45) is 29.2 Å². The molecule has 0 saturated carbocycles. The van der Waals surface area contributed by atoms with E-state index in [1.54, 1.807) is 14.1 Å². The van der Waals surface area contributed by atoms with Gasteiger partial charge in [0.15, 0.2) is 5.78 Å². The summed E-state index contributed by atoms with van der Waals surface area (Å²) in [6, 6.07) is 3.62. The van der Waals surface area contributed by atoms with Gasteiger partial charge in [0.1, 0.15) is 22.8 Å². The zero-order valence-electron chi connectivity index (χ0n) is 22.9. The van der Waals surface area contributed by atoms with Gasteiger partial charge in [0.05, 0.1) is 28.1 Å². The third-order valence-electron chi connectivity index (χ3n) is 8.72. The summed E-state index contributed by atoms with van der Waals surface area (Å²) in [7, 11) is 3.11. The van der Waals surface area contributed by atoms with E-state index in [0.717, 1.165) is 12.1 Å². The van der Waals surface area contributed by atoms with Crippen molar-refractivity contribution in [3.8, 4) is 16.9 Å². The Bertz CT molecular complexity index is 1630.